The number of hydrogen-bond acceptors (Lipinski definition) is 8. The van der Waals surface area contributed by atoms with E-state index < -0.39 is 5.41 Å². The van der Waals surface area contributed by atoms with Crippen LogP contribution in [0.25, 0.3) is 5.69 Å². The van der Waals surface area contributed by atoms with Gasteiger partial charge in [-0.25, -0.2) is 4.68 Å². The summed E-state index contributed by atoms with van der Waals surface area (Å²) >= 11 is 1.50. The van der Waals surface area contributed by atoms with E-state index in [0.29, 0.717) is 28.8 Å². The van der Waals surface area contributed by atoms with E-state index in [2.05, 4.69) is 26.1 Å². The summed E-state index contributed by atoms with van der Waals surface area (Å²) in [5.41, 5.74) is 2.96. The van der Waals surface area contributed by atoms with E-state index in [-0.39, 0.29) is 35.9 Å². The van der Waals surface area contributed by atoms with Crippen LogP contribution < -0.4 is 24.4 Å². The number of anilines is 1. The minimum atomic E-state index is -0.391. The third-order valence-electron chi connectivity index (χ3n) is 7.17. The quantitative estimate of drug-likeness (QED) is 0.275. The number of furan rings is 1. The van der Waals surface area contributed by atoms with Gasteiger partial charge in [-0.15, -0.1) is 11.8 Å². The average molecular weight is 605 g/mol. The van der Waals surface area contributed by atoms with Crippen LogP contribution in [0.5, 0.6) is 17.2 Å². The van der Waals surface area contributed by atoms with Crippen LogP contribution in [0.1, 0.15) is 48.6 Å². The molecule has 4 aromatic rings. The summed E-state index contributed by atoms with van der Waals surface area (Å²) in [4.78, 5) is 28.7. The number of nitrogens with zero attached hydrogens (tertiary/aromatic N) is 3. The molecule has 0 aliphatic carbocycles. The number of methoxy groups -OCH3 is 3. The number of amides is 2. The Morgan fingerprint density at radius 1 is 1.05 bits per heavy atom. The molecule has 43 heavy (non-hydrogen) atoms. The Bertz CT molecular complexity index is 1590. The lowest BCUT2D eigenvalue weighted by atomic mass is 9.87. The second kappa shape index (κ2) is 12.5. The van der Waals surface area contributed by atoms with E-state index in [1.807, 2.05) is 42.5 Å². The summed E-state index contributed by atoms with van der Waals surface area (Å²) in [6.07, 6.45) is 1.55. The molecule has 1 aliphatic rings. The lowest BCUT2D eigenvalue weighted by Crippen LogP contribution is -2.42. The van der Waals surface area contributed by atoms with E-state index in [4.69, 9.17) is 23.7 Å². The maximum Gasteiger partial charge on any atom is 0.240 e. The van der Waals surface area contributed by atoms with Gasteiger partial charge in [-0.05, 0) is 54.1 Å². The van der Waals surface area contributed by atoms with Crippen LogP contribution in [-0.2, 0) is 21.5 Å². The van der Waals surface area contributed by atoms with Gasteiger partial charge in [0.25, 0.3) is 0 Å². The maximum absolute atomic E-state index is 13.9. The number of hydrogen-bond donors (Lipinski definition) is 1. The number of carbonyl (C=O) groups excluding carboxylic acids is 2. The Balaban J connectivity index is 1.68. The molecule has 0 radical (unpaired) electrons. The number of ether oxygens (including phenoxy) is 3. The van der Waals surface area contributed by atoms with Crippen molar-refractivity contribution in [3.8, 4) is 22.9 Å². The molecule has 0 bridgehead atoms. The number of carbonyl (C=O) groups is 2. The van der Waals surface area contributed by atoms with Gasteiger partial charge in [0.2, 0.25) is 11.8 Å². The van der Waals surface area contributed by atoms with Crippen molar-refractivity contribution in [1.82, 2.24) is 15.1 Å². The zero-order chi connectivity index (χ0) is 30.7. The predicted octanol–water partition coefficient (Wildman–Crippen LogP) is 5.27. The van der Waals surface area contributed by atoms with Gasteiger partial charge >= 0.3 is 0 Å². The van der Waals surface area contributed by atoms with Crippen molar-refractivity contribution in [2.45, 2.75) is 38.0 Å². The van der Waals surface area contributed by atoms with Crippen LogP contribution in [-0.4, -0.2) is 55.2 Å². The van der Waals surface area contributed by atoms with E-state index in [1.54, 1.807) is 49.3 Å². The Labute approximate surface area is 255 Å². The summed E-state index contributed by atoms with van der Waals surface area (Å²) in [5.74, 6) is 2.72. The lowest BCUT2D eigenvalue weighted by Gasteiger charge is -2.25. The SMILES string of the molecule is COc1ccc(-n2nc(C(C)(C)C)c3c2N(CC(=O)NCc2ccco2)C(=O)CS[C@H]3c2ccc(OC)c(OC)c2)cc1. The molecule has 0 unspecified atom stereocenters. The normalized spacial score (nSPS) is 15.1. The monoisotopic (exact) mass is 604 g/mol. The molecule has 0 saturated carbocycles. The fourth-order valence-electron chi connectivity index (χ4n) is 5.05. The molecule has 1 atom stereocenters. The van der Waals surface area contributed by atoms with Gasteiger partial charge in [0.15, 0.2) is 11.5 Å². The highest BCUT2D eigenvalue weighted by Gasteiger charge is 2.40. The first kappa shape index (κ1) is 30.1. The summed E-state index contributed by atoms with van der Waals surface area (Å²) < 4.78 is 23.6. The largest absolute Gasteiger partial charge is 0.497 e. The van der Waals surface area contributed by atoms with Crippen molar-refractivity contribution in [3.05, 3.63) is 83.4 Å². The maximum atomic E-state index is 13.9. The van der Waals surface area contributed by atoms with Crippen LogP contribution in [0.15, 0.2) is 65.3 Å². The number of aromatic nitrogens is 2. The smallest absolute Gasteiger partial charge is 0.240 e. The molecule has 2 aromatic carbocycles. The van der Waals surface area contributed by atoms with Crippen molar-refractivity contribution < 1.29 is 28.2 Å². The zero-order valence-corrected chi connectivity index (χ0v) is 26.0. The van der Waals surface area contributed by atoms with Crippen LogP contribution >= 0.6 is 11.8 Å². The molecular formula is C32H36N4O6S. The topological polar surface area (TPSA) is 108 Å². The Morgan fingerprint density at radius 3 is 2.42 bits per heavy atom. The van der Waals surface area contributed by atoms with Crippen molar-refractivity contribution in [1.29, 1.82) is 0 Å². The number of rotatable bonds is 9. The minimum absolute atomic E-state index is 0.158. The fourth-order valence-corrected chi connectivity index (χ4v) is 6.24. The summed E-state index contributed by atoms with van der Waals surface area (Å²) in [6, 6.07) is 16.8. The van der Waals surface area contributed by atoms with Gasteiger partial charge in [0.05, 0.1) is 56.5 Å². The summed E-state index contributed by atoms with van der Waals surface area (Å²) in [6.45, 7) is 6.32. The molecular weight excluding hydrogens is 568 g/mol. The summed E-state index contributed by atoms with van der Waals surface area (Å²) in [7, 11) is 4.81. The first-order valence-electron chi connectivity index (χ1n) is 13.9. The molecule has 2 amide bonds. The molecule has 226 valence electrons. The molecule has 10 nitrogen and oxygen atoms in total. The third kappa shape index (κ3) is 6.22. The molecule has 0 saturated heterocycles. The molecule has 5 rings (SSSR count). The van der Waals surface area contributed by atoms with Crippen LogP contribution in [0.4, 0.5) is 5.82 Å². The van der Waals surface area contributed by atoms with Crippen LogP contribution in [0.3, 0.4) is 0 Å². The van der Waals surface area contributed by atoms with Gasteiger partial charge in [0, 0.05) is 11.0 Å². The lowest BCUT2D eigenvalue weighted by molar-refractivity contribution is -0.123. The highest BCUT2D eigenvalue weighted by molar-refractivity contribution is 8.00. The Kier molecular flexibility index (Phi) is 8.72. The second-order valence-electron chi connectivity index (χ2n) is 11.1. The molecule has 0 spiro atoms. The van der Waals surface area contributed by atoms with Gasteiger partial charge < -0.3 is 23.9 Å². The van der Waals surface area contributed by atoms with Gasteiger partial charge in [-0.3, -0.25) is 14.5 Å². The van der Waals surface area contributed by atoms with Crippen molar-refractivity contribution in [2.24, 2.45) is 0 Å². The molecule has 0 fully saturated rings. The highest BCUT2D eigenvalue weighted by Crippen LogP contribution is 2.49. The molecule has 11 heteroatoms. The number of fused-ring (bicyclic) bond motifs is 1. The molecule has 3 heterocycles. The third-order valence-corrected chi connectivity index (χ3v) is 8.42. The van der Waals surface area contributed by atoms with Gasteiger partial charge in [-0.2, -0.15) is 5.10 Å². The molecule has 1 N–H and O–H groups in total. The van der Waals surface area contributed by atoms with E-state index in [9.17, 15) is 9.59 Å². The first-order valence-corrected chi connectivity index (χ1v) is 14.9. The highest BCUT2D eigenvalue weighted by atomic mass is 32.2. The fraction of sp³-hybridized carbons (Fsp3) is 0.344. The van der Waals surface area contributed by atoms with E-state index in [0.717, 1.165) is 22.5 Å². The number of thioether (sulfide) groups is 1. The Hall–Kier alpha value is -4.38. The standard InChI is InChI=1S/C32H36N4O6S/c1-32(2,3)30-28-29(20-9-14-24(40-5)25(16-20)41-6)43-19-27(38)35(18-26(37)33-17-23-8-7-15-42-23)31(28)36(34-30)21-10-12-22(39-4)13-11-21/h7-16,29H,17-19H2,1-6H3,(H,33,37)/t29-/m0/s1. The Morgan fingerprint density at radius 2 is 1.79 bits per heavy atom. The van der Waals surface area contributed by atoms with E-state index >= 15 is 0 Å². The van der Waals surface area contributed by atoms with Crippen molar-refractivity contribution in [2.75, 3.05) is 38.5 Å². The number of nitrogens with one attached hydrogen (secondary N) is 1. The van der Waals surface area contributed by atoms with E-state index in [1.165, 1.54) is 11.8 Å². The molecule has 2 aromatic heterocycles. The minimum Gasteiger partial charge on any atom is -0.497 e. The first-order chi connectivity index (χ1) is 20.6. The zero-order valence-electron chi connectivity index (χ0n) is 25.2. The second-order valence-corrected chi connectivity index (χ2v) is 12.2. The van der Waals surface area contributed by atoms with Gasteiger partial charge in [0.1, 0.15) is 23.9 Å². The average Bonchev–Trinajstić information content (AvgIpc) is 3.65. The van der Waals surface area contributed by atoms with Crippen molar-refractivity contribution in [3.63, 3.8) is 0 Å². The summed E-state index contributed by atoms with van der Waals surface area (Å²) in [5, 5.41) is 7.72. The van der Waals surface area contributed by atoms with Crippen LogP contribution in [0.2, 0.25) is 0 Å². The van der Waals surface area contributed by atoms with Crippen molar-refractivity contribution >= 4 is 29.4 Å². The predicted molar refractivity (Wildman–Crippen MR) is 166 cm³/mol. The van der Waals surface area contributed by atoms with Gasteiger partial charge in [-0.1, -0.05) is 26.8 Å². The molecule has 1 aliphatic heterocycles. The van der Waals surface area contributed by atoms with Crippen LogP contribution in [0, 0.1) is 0 Å². The number of benzene rings is 2.